The standard InChI is InChI=1S/C20H27N5O3/c1-15(26)21-13-16-4-6-17(7-5-16)14-24-8-10-25(11-9-24)18-12-19(27-2)23-20(22-18)28-3/h4-7,12H,8-11,13-14H2,1-3H3,(H,21,26). The second-order valence-electron chi connectivity index (χ2n) is 6.74. The highest BCUT2D eigenvalue weighted by molar-refractivity contribution is 5.72. The summed E-state index contributed by atoms with van der Waals surface area (Å²) in [6.07, 6.45) is 0. The van der Waals surface area contributed by atoms with Crippen LogP contribution in [0.5, 0.6) is 11.9 Å². The van der Waals surface area contributed by atoms with Crippen LogP contribution in [0.3, 0.4) is 0 Å². The van der Waals surface area contributed by atoms with Gasteiger partial charge in [-0.2, -0.15) is 9.97 Å². The molecule has 1 aliphatic heterocycles. The quantitative estimate of drug-likeness (QED) is 0.773. The minimum absolute atomic E-state index is 0.0131. The molecule has 0 unspecified atom stereocenters. The molecule has 1 aromatic carbocycles. The zero-order valence-electron chi connectivity index (χ0n) is 16.6. The van der Waals surface area contributed by atoms with E-state index in [2.05, 4.69) is 49.4 Å². The normalized spacial score (nSPS) is 14.6. The highest BCUT2D eigenvalue weighted by Gasteiger charge is 2.20. The lowest BCUT2D eigenvalue weighted by atomic mass is 10.1. The van der Waals surface area contributed by atoms with Crippen LogP contribution >= 0.6 is 0 Å². The molecule has 1 N–H and O–H groups in total. The monoisotopic (exact) mass is 385 g/mol. The summed E-state index contributed by atoms with van der Waals surface area (Å²) in [4.78, 5) is 24.2. The Kier molecular flexibility index (Phi) is 6.65. The number of ether oxygens (including phenoxy) is 2. The van der Waals surface area contributed by atoms with Crippen molar-refractivity contribution >= 4 is 11.7 Å². The average Bonchev–Trinajstić information content (AvgIpc) is 2.73. The van der Waals surface area contributed by atoms with Crippen LogP contribution in [0, 0.1) is 0 Å². The number of carbonyl (C=O) groups is 1. The van der Waals surface area contributed by atoms with Crippen LogP contribution in [0.4, 0.5) is 5.82 Å². The lowest BCUT2D eigenvalue weighted by Gasteiger charge is -2.35. The minimum atomic E-state index is -0.0131. The second kappa shape index (κ2) is 9.36. The number of rotatable bonds is 7. The fraction of sp³-hybridized carbons (Fsp3) is 0.450. The van der Waals surface area contributed by atoms with E-state index >= 15 is 0 Å². The summed E-state index contributed by atoms with van der Waals surface area (Å²) in [5.74, 6) is 1.31. The second-order valence-corrected chi connectivity index (χ2v) is 6.74. The topological polar surface area (TPSA) is 79.8 Å². The van der Waals surface area contributed by atoms with Gasteiger partial charge in [-0.25, -0.2) is 0 Å². The van der Waals surface area contributed by atoms with Crippen LogP contribution < -0.4 is 19.7 Å². The van der Waals surface area contributed by atoms with Gasteiger partial charge in [0.15, 0.2) is 0 Å². The molecule has 1 saturated heterocycles. The summed E-state index contributed by atoms with van der Waals surface area (Å²) in [7, 11) is 3.14. The third-order valence-corrected chi connectivity index (χ3v) is 4.73. The molecule has 0 bridgehead atoms. The van der Waals surface area contributed by atoms with Crippen molar-refractivity contribution in [2.45, 2.75) is 20.0 Å². The molecule has 1 aromatic heterocycles. The number of nitrogens with zero attached hydrogens (tertiary/aromatic N) is 4. The Bertz CT molecular complexity index is 767. The molecule has 28 heavy (non-hydrogen) atoms. The van der Waals surface area contributed by atoms with E-state index in [0.717, 1.165) is 44.1 Å². The van der Waals surface area contributed by atoms with E-state index in [1.807, 2.05) is 6.07 Å². The number of piperazine rings is 1. The lowest BCUT2D eigenvalue weighted by Crippen LogP contribution is -2.46. The van der Waals surface area contributed by atoms with Gasteiger partial charge in [0.05, 0.1) is 14.2 Å². The molecule has 0 spiro atoms. The molecule has 3 rings (SSSR count). The van der Waals surface area contributed by atoms with E-state index in [1.165, 1.54) is 12.5 Å². The van der Waals surface area contributed by atoms with Crippen LogP contribution in [0.2, 0.25) is 0 Å². The Hall–Kier alpha value is -2.87. The fourth-order valence-electron chi connectivity index (χ4n) is 3.13. The van der Waals surface area contributed by atoms with Gasteiger partial charge in [-0.3, -0.25) is 9.69 Å². The Morgan fingerprint density at radius 1 is 1.04 bits per heavy atom. The van der Waals surface area contributed by atoms with Crippen molar-refractivity contribution in [3.05, 3.63) is 41.5 Å². The van der Waals surface area contributed by atoms with Crippen LogP contribution in [-0.2, 0) is 17.9 Å². The Labute approximate surface area is 165 Å². The van der Waals surface area contributed by atoms with E-state index in [9.17, 15) is 4.79 Å². The molecule has 1 amide bonds. The van der Waals surface area contributed by atoms with Gasteiger partial charge in [0, 0.05) is 52.3 Å². The van der Waals surface area contributed by atoms with E-state index in [1.54, 1.807) is 14.2 Å². The van der Waals surface area contributed by atoms with Crippen LogP contribution in [0.15, 0.2) is 30.3 Å². The maximum absolute atomic E-state index is 11.0. The SMILES string of the molecule is COc1cc(N2CCN(Cc3ccc(CNC(C)=O)cc3)CC2)nc(OC)n1. The molecule has 0 aliphatic carbocycles. The van der Waals surface area contributed by atoms with Gasteiger partial charge < -0.3 is 19.7 Å². The number of aromatic nitrogens is 2. The molecule has 0 saturated carbocycles. The summed E-state index contributed by atoms with van der Waals surface area (Å²) in [5.41, 5.74) is 2.38. The number of carbonyl (C=O) groups excluding carboxylic acids is 1. The number of hydrogen-bond acceptors (Lipinski definition) is 7. The summed E-state index contributed by atoms with van der Waals surface area (Å²) in [6, 6.07) is 10.6. The Balaban J connectivity index is 1.53. The first-order valence-electron chi connectivity index (χ1n) is 9.34. The molecular formula is C20H27N5O3. The summed E-state index contributed by atoms with van der Waals surface area (Å²) in [6.45, 7) is 6.66. The molecule has 0 radical (unpaired) electrons. The van der Waals surface area contributed by atoms with Crippen molar-refractivity contribution in [2.75, 3.05) is 45.3 Å². The van der Waals surface area contributed by atoms with Crippen molar-refractivity contribution in [3.63, 3.8) is 0 Å². The molecule has 1 aliphatic rings. The number of nitrogens with one attached hydrogen (secondary N) is 1. The first-order valence-corrected chi connectivity index (χ1v) is 9.34. The lowest BCUT2D eigenvalue weighted by molar-refractivity contribution is -0.119. The zero-order valence-corrected chi connectivity index (χ0v) is 16.6. The summed E-state index contributed by atoms with van der Waals surface area (Å²) in [5, 5.41) is 2.82. The Morgan fingerprint density at radius 2 is 1.71 bits per heavy atom. The van der Waals surface area contributed by atoms with Crippen molar-refractivity contribution in [2.24, 2.45) is 0 Å². The molecule has 2 aromatic rings. The van der Waals surface area contributed by atoms with Gasteiger partial charge in [0.25, 0.3) is 0 Å². The fourth-order valence-corrected chi connectivity index (χ4v) is 3.13. The highest BCUT2D eigenvalue weighted by Crippen LogP contribution is 2.22. The zero-order chi connectivity index (χ0) is 19.9. The predicted molar refractivity (Wildman–Crippen MR) is 107 cm³/mol. The van der Waals surface area contributed by atoms with Crippen molar-refractivity contribution < 1.29 is 14.3 Å². The number of hydrogen-bond donors (Lipinski definition) is 1. The maximum Gasteiger partial charge on any atom is 0.321 e. The van der Waals surface area contributed by atoms with Gasteiger partial charge in [-0.05, 0) is 11.1 Å². The number of benzene rings is 1. The first kappa shape index (κ1) is 19.9. The van der Waals surface area contributed by atoms with E-state index < -0.39 is 0 Å². The van der Waals surface area contributed by atoms with E-state index in [-0.39, 0.29) is 5.91 Å². The molecular weight excluding hydrogens is 358 g/mol. The molecule has 1 fully saturated rings. The molecule has 150 valence electrons. The average molecular weight is 385 g/mol. The van der Waals surface area contributed by atoms with Gasteiger partial charge in [-0.1, -0.05) is 24.3 Å². The van der Waals surface area contributed by atoms with E-state index in [4.69, 9.17) is 9.47 Å². The van der Waals surface area contributed by atoms with Crippen LogP contribution in [0.1, 0.15) is 18.1 Å². The maximum atomic E-state index is 11.0. The summed E-state index contributed by atoms with van der Waals surface area (Å²) >= 11 is 0. The predicted octanol–water partition coefficient (Wildman–Crippen LogP) is 1.45. The third kappa shape index (κ3) is 5.32. The number of anilines is 1. The smallest absolute Gasteiger partial charge is 0.321 e. The first-order chi connectivity index (χ1) is 13.6. The van der Waals surface area contributed by atoms with Gasteiger partial charge in [-0.15, -0.1) is 0 Å². The van der Waals surface area contributed by atoms with Gasteiger partial charge >= 0.3 is 6.01 Å². The third-order valence-electron chi connectivity index (χ3n) is 4.73. The molecule has 8 heteroatoms. The van der Waals surface area contributed by atoms with Crippen LogP contribution in [-0.4, -0.2) is 61.2 Å². The molecule has 8 nitrogen and oxygen atoms in total. The highest BCUT2D eigenvalue weighted by atomic mass is 16.5. The molecule has 0 atom stereocenters. The molecule has 2 heterocycles. The van der Waals surface area contributed by atoms with Crippen molar-refractivity contribution in [3.8, 4) is 11.9 Å². The Morgan fingerprint density at radius 3 is 2.32 bits per heavy atom. The van der Waals surface area contributed by atoms with E-state index in [0.29, 0.717) is 18.4 Å². The minimum Gasteiger partial charge on any atom is -0.481 e. The largest absolute Gasteiger partial charge is 0.481 e. The number of amides is 1. The van der Waals surface area contributed by atoms with Gasteiger partial charge in [0.1, 0.15) is 5.82 Å². The van der Waals surface area contributed by atoms with Gasteiger partial charge in [0.2, 0.25) is 11.8 Å². The van der Waals surface area contributed by atoms with Crippen LogP contribution in [0.25, 0.3) is 0 Å². The van der Waals surface area contributed by atoms with Crippen molar-refractivity contribution in [1.29, 1.82) is 0 Å². The summed E-state index contributed by atoms with van der Waals surface area (Å²) < 4.78 is 10.4. The van der Waals surface area contributed by atoms with Crippen molar-refractivity contribution in [1.82, 2.24) is 20.2 Å². The number of methoxy groups -OCH3 is 2.